The van der Waals surface area contributed by atoms with Gasteiger partial charge in [0.2, 0.25) is 5.91 Å². The Balaban J connectivity index is 1.36. The van der Waals surface area contributed by atoms with Crippen molar-refractivity contribution >= 4 is 34.0 Å². The zero-order valence-electron chi connectivity index (χ0n) is 19.1. The molecule has 0 atom stereocenters. The normalized spacial score (nSPS) is 13.1. The quantitative estimate of drug-likeness (QED) is 0.361. The van der Waals surface area contributed by atoms with Crippen molar-refractivity contribution in [3.63, 3.8) is 0 Å². The van der Waals surface area contributed by atoms with Gasteiger partial charge in [-0.15, -0.1) is 0 Å². The molecule has 0 saturated heterocycles. The molecule has 1 N–H and O–H groups in total. The zero-order chi connectivity index (χ0) is 25.4. The number of fused-ring (bicyclic) bond motifs is 2. The van der Waals surface area contributed by atoms with E-state index in [-0.39, 0.29) is 12.0 Å². The molecule has 1 aromatic heterocycles. The lowest BCUT2D eigenvalue weighted by atomic mass is 10.1. The third-order valence-corrected chi connectivity index (χ3v) is 6.02. The van der Waals surface area contributed by atoms with Crippen molar-refractivity contribution in [1.29, 1.82) is 0 Å². The molecule has 10 heteroatoms. The third-order valence-electron chi connectivity index (χ3n) is 6.02. The van der Waals surface area contributed by atoms with Gasteiger partial charge in [0.1, 0.15) is 23.7 Å². The van der Waals surface area contributed by atoms with Gasteiger partial charge < -0.3 is 15.0 Å². The number of nitrogens with zero attached hydrogens (tertiary/aromatic N) is 3. The first kappa shape index (κ1) is 23.5. The molecule has 0 aliphatic carbocycles. The number of halogens is 4. The van der Waals surface area contributed by atoms with E-state index in [1.807, 2.05) is 24.3 Å². The van der Waals surface area contributed by atoms with Gasteiger partial charge in [-0.05, 0) is 72.1 Å². The lowest BCUT2D eigenvalue weighted by molar-refractivity contribution is -0.137. The van der Waals surface area contributed by atoms with E-state index >= 15 is 0 Å². The molecule has 2 heterocycles. The van der Waals surface area contributed by atoms with Crippen molar-refractivity contribution in [3.05, 3.63) is 83.4 Å². The summed E-state index contributed by atoms with van der Waals surface area (Å²) in [6, 6.07) is 13.1. The summed E-state index contributed by atoms with van der Waals surface area (Å²) < 4.78 is 58.1. The Morgan fingerprint density at radius 1 is 1.08 bits per heavy atom. The van der Waals surface area contributed by atoms with Crippen LogP contribution in [-0.2, 0) is 23.8 Å². The molecule has 0 radical (unpaired) electrons. The van der Waals surface area contributed by atoms with Gasteiger partial charge >= 0.3 is 6.18 Å². The number of methoxy groups -OCH3 is 1. The van der Waals surface area contributed by atoms with E-state index in [9.17, 15) is 22.4 Å². The Morgan fingerprint density at radius 2 is 1.92 bits per heavy atom. The van der Waals surface area contributed by atoms with Crippen LogP contribution in [0, 0.1) is 5.82 Å². The Kier molecular flexibility index (Phi) is 5.95. The van der Waals surface area contributed by atoms with Crippen LogP contribution in [-0.4, -0.2) is 29.5 Å². The van der Waals surface area contributed by atoms with Gasteiger partial charge in [-0.25, -0.2) is 14.4 Å². The van der Waals surface area contributed by atoms with Crippen molar-refractivity contribution in [3.8, 4) is 5.75 Å². The van der Waals surface area contributed by atoms with E-state index in [0.717, 1.165) is 34.3 Å². The van der Waals surface area contributed by atoms with Gasteiger partial charge in [-0.2, -0.15) is 13.2 Å². The minimum absolute atomic E-state index is 0.0230. The predicted octanol–water partition coefficient (Wildman–Crippen LogP) is 5.67. The van der Waals surface area contributed by atoms with Crippen molar-refractivity contribution < 1.29 is 27.1 Å². The van der Waals surface area contributed by atoms with Gasteiger partial charge in [0.25, 0.3) is 0 Å². The molecule has 36 heavy (non-hydrogen) atoms. The SMILES string of the molecule is COc1ccc2ncnc(Nc3ccc4c(c3)CCN4C(=O)Cc3cc(F)cc(C(F)(F)F)c3)c2c1. The minimum Gasteiger partial charge on any atom is -0.497 e. The highest BCUT2D eigenvalue weighted by atomic mass is 19.4. The number of carbonyl (C=O) groups excluding carboxylic acids is 1. The number of ether oxygens (including phenoxy) is 1. The Bertz CT molecular complexity index is 1470. The van der Waals surface area contributed by atoms with Crippen LogP contribution < -0.4 is 15.0 Å². The molecule has 4 aromatic rings. The molecule has 0 fully saturated rings. The highest BCUT2D eigenvalue weighted by Gasteiger charge is 2.32. The maximum absolute atomic E-state index is 13.7. The lowest BCUT2D eigenvalue weighted by Crippen LogP contribution is -2.30. The highest BCUT2D eigenvalue weighted by Crippen LogP contribution is 2.34. The number of rotatable bonds is 5. The summed E-state index contributed by atoms with van der Waals surface area (Å²) in [6.07, 6.45) is -2.99. The fraction of sp³-hybridized carbons (Fsp3) is 0.192. The second-order valence-corrected chi connectivity index (χ2v) is 8.39. The number of anilines is 3. The number of hydrogen-bond acceptors (Lipinski definition) is 5. The van der Waals surface area contributed by atoms with E-state index in [2.05, 4.69) is 15.3 Å². The van der Waals surface area contributed by atoms with Gasteiger partial charge in [0.15, 0.2) is 0 Å². The fourth-order valence-electron chi connectivity index (χ4n) is 4.32. The van der Waals surface area contributed by atoms with Crippen LogP contribution in [0.5, 0.6) is 5.75 Å². The number of aromatic nitrogens is 2. The summed E-state index contributed by atoms with van der Waals surface area (Å²) in [7, 11) is 1.58. The van der Waals surface area contributed by atoms with Crippen molar-refractivity contribution in [2.45, 2.75) is 19.0 Å². The third kappa shape index (κ3) is 4.66. The average Bonchev–Trinajstić information content (AvgIpc) is 3.26. The van der Waals surface area contributed by atoms with Gasteiger partial charge in [0, 0.05) is 23.3 Å². The Hall–Kier alpha value is -4.21. The molecule has 0 saturated carbocycles. The second-order valence-electron chi connectivity index (χ2n) is 8.39. The van der Waals surface area contributed by atoms with Crippen LogP contribution in [0.4, 0.5) is 34.8 Å². The number of alkyl halides is 3. The summed E-state index contributed by atoms with van der Waals surface area (Å²) in [5, 5.41) is 4.06. The number of hydrogen-bond donors (Lipinski definition) is 1. The summed E-state index contributed by atoms with van der Waals surface area (Å²) in [4.78, 5) is 23.0. The molecular weight excluding hydrogens is 476 g/mol. The standard InChI is InChI=1S/C26H20F4N4O2/c1-36-20-3-4-22-21(13-20)25(32-14-31-22)33-19-2-5-23-16(11-19)6-7-34(23)24(35)10-15-8-17(26(28,29)30)12-18(27)9-15/h2-5,8-9,11-14H,6-7,10H2,1H3,(H,31,32,33). The number of carbonyl (C=O) groups is 1. The first-order chi connectivity index (χ1) is 17.2. The Morgan fingerprint density at radius 3 is 2.69 bits per heavy atom. The second kappa shape index (κ2) is 9.10. The largest absolute Gasteiger partial charge is 0.497 e. The van der Waals surface area contributed by atoms with Crippen molar-refractivity contribution in [1.82, 2.24) is 9.97 Å². The van der Waals surface area contributed by atoms with E-state index in [1.165, 1.54) is 11.2 Å². The topological polar surface area (TPSA) is 67.4 Å². The molecule has 184 valence electrons. The maximum atomic E-state index is 13.7. The molecule has 5 rings (SSSR count). The van der Waals surface area contributed by atoms with Gasteiger partial charge in [-0.1, -0.05) is 0 Å². The monoisotopic (exact) mass is 496 g/mol. The maximum Gasteiger partial charge on any atom is 0.416 e. The summed E-state index contributed by atoms with van der Waals surface area (Å²) >= 11 is 0. The molecular formula is C26H20F4N4O2. The minimum atomic E-state index is -4.69. The van der Waals surface area contributed by atoms with Crippen LogP contribution in [0.15, 0.2) is 60.9 Å². The molecule has 1 aliphatic heterocycles. The number of benzene rings is 3. The Labute approximate surface area is 203 Å². The summed E-state index contributed by atoms with van der Waals surface area (Å²) in [5.41, 5.74) is 1.94. The van der Waals surface area contributed by atoms with E-state index in [0.29, 0.717) is 36.3 Å². The number of nitrogens with one attached hydrogen (secondary N) is 1. The van der Waals surface area contributed by atoms with Crippen LogP contribution in [0.1, 0.15) is 16.7 Å². The molecule has 3 aromatic carbocycles. The molecule has 0 bridgehead atoms. The van der Waals surface area contributed by atoms with E-state index < -0.39 is 23.5 Å². The van der Waals surface area contributed by atoms with E-state index in [4.69, 9.17) is 4.74 Å². The predicted molar refractivity (Wildman–Crippen MR) is 127 cm³/mol. The van der Waals surface area contributed by atoms with Gasteiger partial charge in [0.05, 0.1) is 24.6 Å². The van der Waals surface area contributed by atoms with Gasteiger partial charge in [-0.3, -0.25) is 4.79 Å². The van der Waals surface area contributed by atoms with Crippen LogP contribution >= 0.6 is 0 Å². The highest BCUT2D eigenvalue weighted by molar-refractivity contribution is 5.97. The number of amides is 1. The smallest absolute Gasteiger partial charge is 0.416 e. The zero-order valence-corrected chi connectivity index (χ0v) is 19.1. The first-order valence-electron chi connectivity index (χ1n) is 11.1. The average molecular weight is 496 g/mol. The summed E-state index contributed by atoms with van der Waals surface area (Å²) in [6.45, 7) is 0.382. The van der Waals surface area contributed by atoms with Crippen LogP contribution in [0.3, 0.4) is 0 Å². The molecule has 1 amide bonds. The van der Waals surface area contributed by atoms with E-state index in [1.54, 1.807) is 19.2 Å². The fourth-order valence-corrected chi connectivity index (χ4v) is 4.32. The molecule has 0 unspecified atom stereocenters. The summed E-state index contributed by atoms with van der Waals surface area (Å²) in [5.74, 6) is -0.164. The molecule has 1 aliphatic rings. The van der Waals surface area contributed by atoms with Crippen molar-refractivity contribution in [2.24, 2.45) is 0 Å². The molecule has 6 nitrogen and oxygen atoms in total. The lowest BCUT2D eigenvalue weighted by Gasteiger charge is -2.18. The first-order valence-corrected chi connectivity index (χ1v) is 11.1. The van der Waals surface area contributed by atoms with Crippen LogP contribution in [0.25, 0.3) is 10.9 Å². The molecule has 0 spiro atoms. The van der Waals surface area contributed by atoms with Crippen molar-refractivity contribution in [2.75, 3.05) is 23.9 Å². The van der Waals surface area contributed by atoms with Crippen LogP contribution in [0.2, 0.25) is 0 Å².